The maximum absolute atomic E-state index is 12.5. The van der Waals surface area contributed by atoms with Crippen LogP contribution in [-0.4, -0.2) is 28.1 Å². The average Bonchev–Trinajstić information content (AvgIpc) is 2.85. The molecular weight excluding hydrogens is 450 g/mol. The van der Waals surface area contributed by atoms with Gasteiger partial charge in [0.2, 0.25) is 0 Å². The van der Waals surface area contributed by atoms with Crippen LogP contribution >= 0.6 is 0 Å². The van der Waals surface area contributed by atoms with Gasteiger partial charge in [0.1, 0.15) is 5.75 Å². The fraction of sp³-hybridized carbons (Fsp3) is 0.148. The SMILES string of the molecule is COC(=O)/C=C/c1ccccc1OCCC/C=C/c1cccc(NS(=O)(=O)c2ccccc2)c1. The molecule has 7 heteroatoms. The smallest absolute Gasteiger partial charge is 0.330 e. The van der Waals surface area contributed by atoms with E-state index in [-0.39, 0.29) is 4.90 Å². The third-order valence-corrected chi connectivity index (χ3v) is 6.19. The third kappa shape index (κ3) is 7.64. The Labute approximate surface area is 200 Å². The monoisotopic (exact) mass is 477 g/mol. The van der Waals surface area contributed by atoms with Gasteiger partial charge in [0.25, 0.3) is 10.0 Å². The van der Waals surface area contributed by atoms with Crippen LogP contribution in [0, 0.1) is 0 Å². The highest BCUT2D eigenvalue weighted by Crippen LogP contribution is 2.20. The summed E-state index contributed by atoms with van der Waals surface area (Å²) in [4.78, 5) is 11.5. The van der Waals surface area contributed by atoms with Crippen molar-refractivity contribution in [3.05, 3.63) is 102 Å². The molecule has 0 bridgehead atoms. The number of hydrogen-bond donors (Lipinski definition) is 1. The summed E-state index contributed by atoms with van der Waals surface area (Å²) in [6.07, 6.45) is 8.59. The lowest BCUT2D eigenvalue weighted by Gasteiger charge is -2.09. The lowest BCUT2D eigenvalue weighted by molar-refractivity contribution is -0.134. The van der Waals surface area contributed by atoms with Crippen molar-refractivity contribution >= 4 is 33.8 Å². The van der Waals surface area contributed by atoms with Crippen LogP contribution in [0.2, 0.25) is 0 Å². The molecule has 0 aromatic heterocycles. The minimum Gasteiger partial charge on any atom is -0.493 e. The molecule has 0 fully saturated rings. The van der Waals surface area contributed by atoms with Crippen molar-refractivity contribution in [3.8, 4) is 5.75 Å². The molecule has 0 aliphatic rings. The number of hydrogen-bond acceptors (Lipinski definition) is 5. The van der Waals surface area contributed by atoms with Crippen LogP contribution in [0.3, 0.4) is 0 Å². The second-order valence-electron chi connectivity index (χ2n) is 7.33. The Morgan fingerprint density at radius 2 is 1.71 bits per heavy atom. The summed E-state index contributed by atoms with van der Waals surface area (Å²) < 4.78 is 38.1. The van der Waals surface area contributed by atoms with Gasteiger partial charge in [-0.25, -0.2) is 13.2 Å². The van der Waals surface area contributed by atoms with Crippen molar-refractivity contribution < 1.29 is 22.7 Å². The summed E-state index contributed by atoms with van der Waals surface area (Å²) >= 11 is 0. The number of anilines is 1. The summed E-state index contributed by atoms with van der Waals surface area (Å²) in [6, 6.07) is 23.0. The molecule has 34 heavy (non-hydrogen) atoms. The number of para-hydroxylation sites is 1. The van der Waals surface area contributed by atoms with Crippen molar-refractivity contribution in [3.63, 3.8) is 0 Å². The number of carbonyl (C=O) groups is 1. The molecule has 3 rings (SSSR count). The van der Waals surface area contributed by atoms with Crippen molar-refractivity contribution in [2.75, 3.05) is 18.4 Å². The van der Waals surface area contributed by atoms with Crippen LogP contribution in [0.4, 0.5) is 5.69 Å². The van der Waals surface area contributed by atoms with Crippen molar-refractivity contribution in [1.82, 2.24) is 0 Å². The van der Waals surface area contributed by atoms with E-state index in [0.717, 1.165) is 24.0 Å². The van der Waals surface area contributed by atoms with Crippen molar-refractivity contribution in [1.29, 1.82) is 0 Å². The van der Waals surface area contributed by atoms with Gasteiger partial charge < -0.3 is 9.47 Å². The average molecular weight is 478 g/mol. The molecule has 3 aromatic carbocycles. The summed E-state index contributed by atoms with van der Waals surface area (Å²) in [5, 5.41) is 0. The molecular formula is C27H27NO5S. The highest BCUT2D eigenvalue weighted by molar-refractivity contribution is 7.92. The summed E-state index contributed by atoms with van der Waals surface area (Å²) in [7, 11) is -2.29. The van der Waals surface area contributed by atoms with E-state index in [4.69, 9.17) is 4.74 Å². The second-order valence-corrected chi connectivity index (χ2v) is 9.01. The number of nitrogens with one attached hydrogen (secondary N) is 1. The number of methoxy groups -OCH3 is 1. The number of carbonyl (C=O) groups excluding carboxylic acids is 1. The Bertz CT molecular complexity index is 1250. The standard InChI is InChI=1S/C27H27NO5S/c1-32-27(29)19-18-23-13-7-8-17-26(23)33-20-9-3-4-11-22-12-10-14-24(21-22)28-34(30,31)25-15-5-2-6-16-25/h2,4-8,10-19,21,28H,3,9,20H2,1H3/b11-4+,19-18+. The van der Waals surface area contributed by atoms with E-state index >= 15 is 0 Å². The van der Waals surface area contributed by atoms with Gasteiger partial charge >= 0.3 is 5.97 Å². The number of rotatable bonds is 11. The molecule has 0 aliphatic carbocycles. The van der Waals surface area contributed by atoms with Gasteiger partial charge in [0.05, 0.1) is 18.6 Å². The second kappa shape index (κ2) is 12.4. The molecule has 6 nitrogen and oxygen atoms in total. The predicted molar refractivity (Wildman–Crippen MR) is 135 cm³/mol. The number of ether oxygens (including phenoxy) is 2. The molecule has 0 radical (unpaired) electrons. The van der Waals surface area contributed by atoms with Gasteiger partial charge in [-0.1, -0.05) is 60.7 Å². The van der Waals surface area contributed by atoms with Crippen LogP contribution in [-0.2, 0) is 19.6 Å². The molecule has 176 valence electrons. The van der Waals surface area contributed by atoms with Gasteiger partial charge in [0, 0.05) is 17.3 Å². The molecule has 1 N–H and O–H groups in total. The summed E-state index contributed by atoms with van der Waals surface area (Å²) in [5.41, 5.74) is 2.21. The third-order valence-electron chi connectivity index (χ3n) is 4.79. The quantitative estimate of drug-likeness (QED) is 0.223. The van der Waals surface area contributed by atoms with Gasteiger partial charge in [-0.05, 0) is 54.8 Å². The Hall–Kier alpha value is -3.84. The molecule has 0 heterocycles. The fourth-order valence-corrected chi connectivity index (χ4v) is 4.17. The van der Waals surface area contributed by atoms with Crippen LogP contribution < -0.4 is 9.46 Å². The van der Waals surface area contributed by atoms with Crippen molar-refractivity contribution in [2.24, 2.45) is 0 Å². The van der Waals surface area contributed by atoms with Crippen molar-refractivity contribution in [2.45, 2.75) is 17.7 Å². The molecule has 0 amide bonds. The molecule has 0 unspecified atom stereocenters. The number of unbranched alkanes of at least 4 members (excludes halogenated alkanes) is 1. The minimum atomic E-state index is -3.62. The zero-order valence-corrected chi connectivity index (χ0v) is 19.7. The molecule has 0 aliphatic heterocycles. The summed E-state index contributed by atoms with van der Waals surface area (Å²) in [5.74, 6) is 0.280. The molecule has 0 saturated carbocycles. The first-order valence-electron chi connectivity index (χ1n) is 10.8. The summed E-state index contributed by atoms with van der Waals surface area (Å²) in [6.45, 7) is 0.518. The maximum atomic E-state index is 12.5. The Morgan fingerprint density at radius 1 is 0.941 bits per heavy atom. The lowest BCUT2D eigenvalue weighted by Crippen LogP contribution is -2.12. The van der Waals surface area contributed by atoms with Gasteiger partial charge in [-0.2, -0.15) is 0 Å². The Kier molecular flexibility index (Phi) is 9.05. The van der Waals surface area contributed by atoms with Crippen LogP contribution in [0.15, 0.2) is 95.9 Å². The molecule has 0 spiro atoms. The first-order valence-corrected chi connectivity index (χ1v) is 12.3. The van der Waals surface area contributed by atoms with Gasteiger partial charge in [-0.3, -0.25) is 4.72 Å². The topological polar surface area (TPSA) is 81.7 Å². The van der Waals surface area contributed by atoms with Crippen LogP contribution in [0.5, 0.6) is 5.75 Å². The van der Waals surface area contributed by atoms with Gasteiger partial charge in [0.15, 0.2) is 0 Å². The number of esters is 1. The van der Waals surface area contributed by atoms with E-state index in [9.17, 15) is 13.2 Å². The zero-order valence-electron chi connectivity index (χ0n) is 18.9. The van der Waals surface area contributed by atoms with E-state index in [1.54, 1.807) is 48.5 Å². The van der Waals surface area contributed by atoms with E-state index < -0.39 is 16.0 Å². The molecule has 0 saturated heterocycles. The van der Waals surface area contributed by atoms with Gasteiger partial charge in [-0.15, -0.1) is 0 Å². The first kappa shape index (κ1) is 24.8. The van der Waals surface area contributed by atoms with Crippen LogP contribution in [0.1, 0.15) is 24.0 Å². The maximum Gasteiger partial charge on any atom is 0.330 e. The first-order chi connectivity index (χ1) is 16.5. The highest BCUT2D eigenvalue weighted by atomic mass is 32.2. The Morgan fingerprint density at radius 3 is 2.50 bits per heavy atom. The number of allylic oxidation sites excluding steroid dienone is 1. The van der Waals surface area contributed by atoms with E-state index in [0.29, 0.717) is 18.0 Å². The minimum absolute atomic E-state index is 0.221. The number of sulfonamides is 1. The normalized spacial score (nSPS) is 11.6. The zero-order chi connectivity index (χ0) is 24.2. The highest BCUT2D eigenvalue weighted by Gasteiger charge is 2.13. The van der Waals surface area contributed by atoms with E-state index in [1.807, 2.05) is 48.6 Å². The van der Waals surface area contributed by atoms with Crippen LogP contribution in [0.25, 0.3) is 12.2 Å². The lowest BCUT2D eigenvalue weighted by atomic mass is 10.1. The number of benzene rings is 3. The Balaban J connectivity index is 1.50. The predicted octanol–water partition coefficient (Wildman–Crippen LogP) is 5.55. The fourth-order valence-electron chi connectivity index (χ4n) is 3.10. The van der Waals surface area contributed by atoms with E-state index in [2.05, 4.69) is 9.46 Å². The molecule has 3 aromatic rings. The molecule has 0 atom stereocenters. The van der Waals surface area contributed by atoms with E-state index in [1.165, 1.54) is 13.2 Å². The largest absolute Gasteiger partial charge is 0.493 e.